The zero-order chi connectivity index (χ0) is 16.8. The standard InChI is InChI=1S/C18H23N5S/c1-21(2)10-11-22(13-16-6-12-24-15-16)14-17-5-3-9-23(17)18-19-7-4-8-20-18/h3-9,12,15H,10-11,13-14H2,1-2H3. The molecule has 24 heavy (non-hydrogen) atoms. The van der Waals surface area contributed by atoms with Gasteiger partial charge in [-0.05, 0) is 54.7 Å². The molecule has 0 fully saturated rings. The minimum Gasteiger partial charge on any atom is -0.308 e. The number of hydrogen-bond acceptors (Lipinski definition) is 5. The van der Waals surface area contributed by atoms with E-state index in [1.165, 1.54) is 11.3 Å². The monoisotopic (exact) mass is 341 g/mol. The summed E-state index contributed by atoms with van der Waals surface area (Å²) in [6.45, 7) is 3.88. The van der Waals surface area contributed by atoms with Gasteiger partial charge in [-0.15, -0.1) is 0 Å². The van der Waals surface area contributed by atoms with Crippen molar-refractivity contribution in [3.63, 3.8) is 0 Å². The molecule has 3 aromatic rings. The fourth-order valence-electron chi connectivity index (χ4n) is 2.58. The highest BCUT2D eigenvalue weighted by molar-refractivity contribution is 7.07. The van der Waals surface area contributed by atoms with E-state index in [1.54, 1.807) is 23.7 Å². The first-order valence-electron chi connectivity index (χ1n) is 8.04. The van der Waals surface area contributed by atoms with Crippen molar-refractivity contribution in [1.82, 2.24) is 24.3 Å². The van der Waals surface area contributed by atoms with Crippen LogP contribution in [0, 0.1) is 0 Å². The van der Waals surface area contributed by atoms with Crippen LogP contribution in [-0.2, 0) is 13.1 Å². The third kappa shape index (κ3) is 4.50. The van der Waals surface area contributed by atoms with Crippen LogP contribution in [0.1, 0.15) is 11.3 Å². The van der Waals surface area contributed by atoms with Gasteiger partial charge in [-0.2, -0.15) is 11.3 Å². The molecule has 0 atom stereocenters. The van der Waals surface area contributed by atoms with Crippen molar-refractivity contribution >= 4 is 11.3 Å². The molecule has 3 aromatic heterocycles. The zero-order valence-corrected chi connectivity index (χ0v) is 15.0. The van der Waals surface area contributed by atoms with Gasteiger partial charge < -0.3 is 4.90 Å². The summed E-state index contributed by atoms with van der Waals surface area (Å²) in [6, 6.07) is 8.24. The SMILES string of the molecule is CN(C)CCN(Cc1ccsc1)Cc1cccn1-c1ncccn1. The van der Waals surface area contributed by atoms with Crippen LogP contribution in [0.4, 0.5) is 0 Å². The van der Waals surface area contributed by atoms with Crippen molar-refractivity contribution in [2.24, 2.45) is 0 Å². The van der Waals surface area contributed by atoms with Crippen LogP contribution in [0.5, 0.6) is 0 Å². The summed E-state index contributed by atoms with van der Waals surface area (Å²) in [5, 5.41) is 4.36. The van der Waals surface area contributed by atoms with Crippen LogP contribution >= 0.6 is 11.3 Å². The molecule has 0 radical (unpaired) electrons. The second-order valence-electron chi connectivity index (χ2n) is 6.06. The van der Waals surface area contributed by atoms with Crippen molar-refractivity contribution in [1.29, 1.82) is 0 Å². The van der Waals surface area contributed by atoms with Gasteiger partial charge in [-0.3, -0.25) is 9.47 Å². The molecule has 3 heterocycles. The van der Waals surface area contributed by atoms with Crippen molar-refractivity contribution < 1.29 is 0 Å². The predicted octanol–water partition coefficient (Wildman–Crippen LogP) is 2.89. The molecule has 126 valence electrons. The van der Waals surface area contributed by atoms with Crippen LogP contribution in [0.2, 0.25) is 0 Å². The number of likely N-dealkylation sites (N-methyl/N-ethyl adjacent to an activating group) is 1. The van der Waals surface area contributed by atoms with Gasteiger partial charge in [-0.1, -0.05) is 0 Å². The van der Waals surface area contributed by atoms with Crippen LogP contribution in [0.15, 0.2) is 53.6 Å². The predicted molar refractivity (Wildman–Crippen MR) is 98.3 cm³/mol. The number of hydrogen-bond donors (Lipinski definition) is 0. The minimum absolute atomic E-state index is 0.723. The number of aromatic nitrogens is 3. The van der Waals surface area contributed by atoms with E-state index in [0.29, 0.717) is 0 Å². The second-order valence-corrected chi connectivity index (χ2v) is 6.84. The van der Waals surface area contributed by atoms with Gasteiger partial charge in [0.15, 0.2) is 0 Å². The largest absolute Gasteiger partial charge is 0.308 e. The third-order valence-electron chi connectivity index (χ3n) is 3.84. The highest BCUT2D eigenvalue weighted by Crippen LogP contribution is 2.15. The van der Waals surface area contributed by atoms with E-state index >= 15 is 0 Å². The van der Waals surface area contributed by atoms with E-state index in [2.05, 4.69) is 67.4 Å². The van der Waals surface area contributed by atoms with E-state index in [-0.39, 0.29) is 0 Å². The summed E-state index contributed by atoms with van der Waals surface area (Å²) in [6.07, 6.45) is 5.59. The van der Waals surface area contributed by atoms with Crippen LogP contribution in [0.3, 0.4) is 0 Å². The van der Waals surface area contributed by atoms with Gasteiger partial charge >= 0.3 is 0 Å². The fraction of sp³-hybridized carbons (Fsp3) is 0.333. The summed E-state index contributed by atoms with van der Waals surface area (Å²) in [7, 11) is 4.23. The second kappa shape index (κ2) is 8.19. The lowest BCUT2D eigenvalue weighted by Gasteiger charge is -2.24. The maximum atomic E-state index is 4.37. The lowest BCUT2D eigenvalue weighted by molar-refractivity contribution is 0.223. The molecule has 0 aliphatic rings. The smallest absolute Gasteiger partial charge is 0.233 e. The van der Waals surface area contributed by atoms with Gasteiger partial charge in [0.1, 0.15) is 0 Å². The van der Waals surface area contributed by atoms with Crippen LogP contribution in [-0.4, -0.2) is 51.5 Å². The summed E-state index contributed by atoms with van der Waals surface area (Å²) >= 11 is 1.75. The Hall–Kier alpha value is -2.02. The van der Waals surface area contributed by atoms with Gasteiger partial charge in [0.05, 0.1) is 0 Å². The molecule has 0 unspecified atom stereocenters. The Morgan fingerprint density at radius 1 is 1.04 bits per heavy atom. The average molecular weight is 341 g/mol. The maximum Gasteiger partial charge on any atom is 0.233 e. The summed E-state index contributed by atoms with van der Waals surface area (Å²) < 4.78 is 2.07. The van der Waals surface area contributed by atoms with Gasteiger partial charge in [-0.25, -0.2) is 9.97 Å². The summed E-state index contributed by atoms with van der Waals surface area (Å²) in [4.78, 5) is 13.4. The van der Waals surface area contributed by atoms with Gasteiger partial charge in [0.25, 0.3) is 0 Å². The molecule has 0 aliphatic heterocycles. The van der Waals surface area contributed by atoms with E-state index in [1.807, 2.05) is 12.3 Å². The Morgan fingerprint density at radius 3 is 2.58 bits per heavy atom. The molecule has 0 aromatic carbocycles. The normalized spacial score (nSPS) is 11.5. The lowest BCUT2D eigenvalue weighted by Crippen LogP contribution is -2.31. The van der Waals surface area contributed by atoms with Crippen molar-refractivity contribution in [3.05, 3.63) is 64.9 Å². The minimum atomic E-state index is 0.723. The molecule has 0 aliphatic carbocycles. The molecule has 0 saturated carbocycles. The average Bonchev–Trinajstić information content (AvgIpc) is 3.25. The maximum absolute atomic E-state index is 4.37. The van der Waals surface area contributed by atoms with Gasteiger partial charge in [0.2, 0.25) is 5.95 Å². The third-order valence-corrected chi connectivity index (χ3v) is 4.57. The Balaban J connectivity index is 1.76. The Labute approximate surface area is 147 Å². The first-order chi connectivity index (χ1) is 11.7. The quantitative estimate of drug-likeness (QED) is 0.631. The zero-order valence-electron chi connectivity index (χ0n) is 14.2. The molecular weight excluding hydrogens is 318 g/mol. The van der Waals surface area contributed by atoms with Crippen molar-refractivity contribution in [2.75, 3.05) is 27.2 Å². The Kier molecular flexibility index (Phi) is 5.74. The Bertz CT molecular complexity index is 721. The molecule has 6 heteroatoms. The lowest BCUT2D eigenvalue weighted by atomic mass is 10.3. The molecule has 0 spiro atoms. The molecule has 0 N–H and O–H groups in total. The van der Waals surface area contributed by atoms with E-state index in [0.717, 1.165) is 32.1 Å². The summed E-state index contributed by atoms with van der Waals surface area (Å²) in [5.74, 6) is 0.723. The van der Waals surface area contributed by atoms with Gasteiger partial charge in [0, 0.05) is 50.5 Å². The molecule has 3 rings (SSSR count). The fourth-order valence-corrected chi connectivity index (χ4v) is 3.24. The topological polar surface area (TPSA) is 37.2 Å². The number of rotatable bonds is 8. The molecule has 5 nitrogen and oxygen atoms in total. The number of thiophene rings is 1. The number of nitrogens with zero attached hydrogens (tertiary/aromatic N) is 5. The molecule has 0 bridgehead atoms. The highest BCUT2D eigenvalue weighted by atomic mass is 32.1. The Morgan fingerprint density at radius 2 is 1.88 bits per heavy atom. The van der Waals surface area contributed by atoms with Crippen LogP contribution < -0.4 is 0 Å². The summed E-state index contributed by atoms with van der Waals surface area (Å²) in [5.41, 5.74) is 2.57. The van der Waals surface area contributed by atoms with Crippen LogP contribution in [0.25, 0.3) is 5.95 Å². The molecule has 0 saturated heterocycles. The van der Waals surface area contributed by atoms with E-state index in [4.69, 9.17) is 0 Å². The molecule has 0 amide bonds. The van der Waals surface area contributed by atoms with Crippen molar-refractivity contribution in [2.45, 2.75) is 13.1 Å². The first-order valence-corrected chi connectivity index (χ1v) is 8.98. The first kappa shape index (κ1) is 16.8. The van der Waals surface area contributed by atoms with E-state index in [9.17, 15) is 0 Å². The highest BCUT2D eigenvalue weighted by Gasteiger charge is 2.12. The molecular formula is C18H23N5S. The van der Waals surface area contributed by atoms with E-state index < -0.39 is 0 Å². The van der Waals surface area contributed by atoms with Crippen molar-refractivity contribution in [3.8, 4) is 5.95 Å².